The third-order valence-corrected chi connectivity index (χ3v) is 4.07. The summed E-state index contributed by atoms with van der Waals surface area (Å²) in [4.78, 5) is 24.0. The van der Waals surface area contributed by atoms with Gasteiger partial charge in [0, 0.05) is 22.3 Å². The van der Waals surface area contributed by atoms with E-state index in [1.54, 1.807) is 0 Å². The Hall–Kier alpha value is -2.44. The van der Waals surface area contributed by atoms with Gasteiger partial charge in [-0.3, -0.25) is 9.59 Å². The fourth-order valence-electron chi connectivity index (χ4n) is 2.47. The molecule has 8 heteroatoms. The number of carbonyl (C=O) groups is 2. The number of ether oxygens (including phenoxy) is 2. The van der Waals surface area contributed by atoms with Gasteiger partial charge in [0.05, 0.1) is 13.2 Å². The van der Waals surface area contributed by atoms with Crippen LogP contribution < -0.4 is 20.1 Å². The first-order valence-corrected chi connectivity index (χ1v) is 9.62. The summed E-state index contributed by atoms with van der Waals surface area (Å²) in [7, 11) is 0. The lowest BCUT2D eigenvalue weighted by molar-refractivity contribution is -0.136. The molecule has 0 heterocycles. The summed E-state index contributed by atoms with van der Waals surface area (Å²) in [6.07, 6.45) is 0.536. The fourth-order valence-corrected chi connectivity index (χ4v) is 2.99. The van der Waals surface area contributed by atoms with Gasteiger partial charge in [-0.1, -0.05) is 29.3 Å². The van der Waals surface area contributed by atoms with E-state index in [-0.39, 0.29) is 0 Å². The van der Waals surface area contributed by atoms with Crippen molar-refractivity contribution in [3.8, 4) is 11.5 Å². The van der Waals surface area contributed by atoms with Crippen LogP contribution in [0.25, 0.3) is 0 Å². The third-order valence-electron chi connectivity index (χ3n) is 3.63. The topological polar surface area (TPSA) is 76.7 Å². The quantitative estimate of drug-likeness (QED) is 0.625. The van der Waals surface area contributed by atoms with Crippen LogP contribution in [0.4, 0.5) is 5.69 Å². The minimum Gasteiger partial charge on any atom is -0.490 e. The summed E-state index contributed by atoms with van der Waals surface area (Å²) < 4.78 is 11.1. The number of halogens is 2. The van der Waals surface area contributed by atoms with Crippen molar-refractivity contribution in [2.45, 2.75) is 20.3 Å². The predicted octanol–water partition coefficient (Wildman–Crippen LogP) is 4.09. The number of anilines is 1. The first-order valence-electron chi connectivity index (χ1n) is 8.86. The van der Waals surface area contributed by atoms with Crippen molar-refractivity contribution in [3.05, 3.63) is 52.0 Å². The molecule has 0 aliphatic heterocycles. The Balaban J connectivity index is 1.88. The number of carbonyl (C=O) groups excluding carboxylic acids is 2. The Morgan fingerprint density at radius 2 is 1.54 bits per heavy atom. The molecule has 0 aliphatic rings. The van der Waals surface area contributed by atoms with Crippen LogP contribution in [-0.2, 0) is 16.0 Å². The standard InChI is InChI=1S/C20H22Cl2N2O4/c1-3-27-17-6-5-13(9-18(17)28-4-2)7-8-23-19(25)20(26)24-16-11-14(21)10-15(22)12-16/h5-6,9-12H,3-4,7-8H2,1-2H3,(H,23,25)(H,24,26). The van der Waals surface area contributed by atoms with Gasteiger partial charge in [-0.2, -0.15) is 0 Å². The highest BCUT2D eigenvalue weighted by Gasteiger charge is 2.14. The summed E-state index contributed by atoms with van der Waals surface area (Å²) >= 11 is 11.8. The Morgan fingerprint density at radius 3 is 2.18 bits per heavy atom. The number of nitrogens with one attached hydrogen (secondary N) is 2. The summed E-state index contributed by atoms with van der Waals surface area (Å²) in [5.74, 6) is -0.201. The Kier molecular flexibility index (Phi) is 8.42. The van der Waals surface area contributed by atoms with E-state index < -0.39 is 11.8 Å². The normalized spacial score (nSPS) is 10.3. The lowest BCUT2D eigenvalue weighted by Gasteiger charge is -2.12. The highest BCUT2D eigenvalue weighted by Crippen LogP contribution is 2.28. The van der Waals surface area contributed by atoms with Crippen LogP contribution in [0, 0.1) is 0 Å². The fraction of sp³-hybridized carbons (Fsp3) is 0.300. The second kappa shape index (κ2) is 10.8. The number of hydrogen-bond donors (Lipinski definition) is 2. The first-order chi connectivity index (χ1) is 13.4. The number of rotatable bonds is 8. The zero-order valence-electron chi connectivity index (χ0n) is 15.7. The molecule has 0 bridgehead atoms. The van der Waals surface area contributed by atoms with E-state index in [0.29, 0.717) is 53.4 Å². The van der Waals surface area contributed by atoms with Gasteiger partial charge >= 0.3 is 11.8 Å². The Bertz CT molecular complexity index is 823. The van der Waals surface area contributed by atoms with E-state index in [4.69, 9.17) is 32.7 Å². The highest BCUT2D eigenvalue weighted by atomic mass is 35.5. The summed E-state index contributed by atoms with van der Waals surface area (Å²) in [5, 5.41) is 5.77. The van der Waals surface area contributed by atoms with Crippen LogP contribution in [0.5, 0.6) is 11.5 Å². The molecule has 0 spiro atoms. The van der Waals surface area contributed by atoms with Gasteiger partial charge in [-0.05, 0) is 56.2 Å². The third kappa shape index (κ3) is 6.62. The predicted molar refractivity (Wildman–Crippen MR) is 111 cm³/mol. The molecule has 6 nitrogen and oxygen atoms in total. The van der Waals surface area contributed by atoms with E-state index >= 15 is 0 Å². The monoisotopic (exact) mass is 424 g/mol. The molecule has 0 atom stereocenters. The van der Waals surface area contributed by atoms with Crippen molar-refractivity contribution < 1.29 is 19.1 Å². The van der Waals surface area contributed by atoms with Crippen LogP contribution in [0.1, 0.15) is 19.4 Å². The molecule has 0 saturated heterocycles. The van der Waals surface area contributed by atoms with Gasteiger partial charge in [0.15, 0.2) is 11.5 Å². The second-order valence-corrected chi connectivity index (χ2v) is 6.64. The largest absolute Gasteiger partial charge is 0.490 e. The minimum atomic E-state index is -0.792. The molecule has 2 aromatic carbocycles. The lowest BCUT2D eigenvalue weighted by Crippen LogP contribution is -2.36. The molecule has 2 N–H and O–H groups in total. The average Bonchev–Trinajstić information content (AvgIpc) is 2.63. The van der Waals surface area contributed by atoms with Crippen LogP contribution in [0.2, 0.25) is 10.0 Å². The molecule has 2 rings (SSSR count). The molecule has 0 radical (unpaired) electrons. The highest BCUT2D eigenvalue weighted by molar-refractivity contribution is 6.40. The van der Waals surface area contributed by atoms with Gasteiger partial charge in [0.25, 0.3) is 0 Å². The Labute approximate surface area is 174 Å². The molecule has 0 fully saturated rings. The van der Waals surface area contributed by atoms with E-state index in [9.17, 15) is 9.59 Å². The zero-order valence-corrected chi connectivity index (χ0v) is 17.2. The number of hydrogen-bond acceptors (Lipinski definition) is 4. The van der Waals surface area contributed by atoms with Gasteiger partial charge in [0.2, 0.25) is 0 Å². The molecule has 2 aromatic rings. The van der Waals surface area contributed by atoms with Crippen LogP contribution >= 0.6 is 23.2 Å². The van der Waals surface area contributed by atoms with Crippen LogP contribution in [0.15, 0.2) is 36.4 Å². The maximum absolute atomic E-state index is 12.0. The average molecular weight is 425 g/mol. The molecule has 0 unspecified atom stereocenters. The maximum atomic E-state index is 12.0. The first kappa shape index (κ1) is 21.9. The van der Waals surface area contributed by atoms with E-state index in [1.165, 1.54) is 18.2 Å². The molecule has 28 heavy (non-hydrogen) atoms. The van der Waals surface area contributed by atoms with Gasteiger partial charge in [0.1, 0.15) is 0 Å². The number of benzene rings is 2. The second-order valence-electron chi connectivity index (χ2n) is 5.77. The Morgan fingerprint density at radius 1 is 0.893 bits per heavy atom. The summed E-state index contributed by atoms with van der Waals surface area (Å²) in [6, 6.07) is 10.2. The summed E-state index contributed by atoms with van der Waals surface area (Å²) in [5.41, 5.74) is 1.31. The zero-order chi connectivity index (χ0) is 20.5. The van der Waals surface area contributed by atoms with E-state index in [0.717, 1.165) is 5.56 Å². The number of amides is 2. The molecular weight excluding hydrogens is 403 g/mol. The summed E-state index contributed by atoms with van der Waals surface area (Å²) in [6.45, 7) is 5.16. The van der Waals surface area contributed by atoms with Crippen molar-refractivity contribution in [2.75, 3.05) is 25.1 Å². The maximum Gasteiger partial charge on any atom is 0.313 e. The molecular formula is C20H22Cl2N2O4. The molecule has 0 aliphatic carbocycles. The van der Waals surface area contributed by atoms with Crippen LogP contribution in [0.3, 0.4) is 0 Å². The molecule has 150 valence electrons. The van der Waals surface area contributed by atoms with Crippen molar-refractivity contribution >= 4 is 40.7 Å². The SMILES string of the molecule is CCOc1ccc(CCNC(=O)C(=O)Nc2cc(Cl)cc(Cl)c2)cc1OCC. The smallest absolute Gasteiger partial charge is 0.313 e. The van der Waals surface area contributed by atoms with Crippen molar-refractivity contribution in [1.82, 2.24) is 5.32 Å². The van der Waals surface area contributed by atoms with Gasteiger partial charge in [-0.25, -0.2) is 0 Å². The van der Waals surface area contributed by atoms with Crippen molar-refractivity contribution in [2.24, 2.45) is 0 Å². The van der Waals surface area contributed by atoms with E-state index in [1.807, 2.05) is 32.0 Å². The molecule has 2 amide bonds. The molecule has 0 saturated carbocycles. The lowest BCUT2D eigenvalue weighted by atomic mass is 10.1. The van der Waals surface area contributed by atoms with Crippen molar-refractivity contribution in [1.29, 1.82) is 0 Å². The minimum absolute atomic E-state index is 0.294. The van der Waals surface area contributed by atoms with E-state index in [2.05, 4.69) is 10.6 Å². The van der Waals surface area contributed by atoms with Crippen LogP contribution in [-0.4, -0.2) is 31.6 Å². The van der Waals surface area contributed by atoms with Crippen molar-refractivity contribution in [3.63, 3.8) is 0 Å². The van der Waals surface area contributed by atoms with Gasteiger partial charge < -0.3 is 20.1 Å². The van der Waals surface area contributed by atoms with Gasteiger partial charge in [-0.15, -0.1) is 0 Å². The molecule has 0 aromatic heterocycles.